The lowest BCUT2D eigenvalue weighted by Gasteiger charge is -2.22. The van der Waals surface area contributed by atoms with Crippen LogP contribution >= 0.6 is 0 Å². The van der Waals surface area contributed by atoms with Crippen LogP contribution < -0.4 is 4.72 Å². The lowest BCUT2D eigenvalue weighted by atomic mass is 9.96. The van der Waals surface area contributed by atoms with Crippen LogP contribution in [0, 0.1) is 0 Å². The summed E-state index contributed by atoms with van der Waals surface area (Å²) < 4.78 is 52.1. The predicted octanol–water partition coefficient (Wildman–Crippen LogP) is 4.75. The van der Waals surface area contributed by atoms with E-state index in [0.29, 0.717) is 0 Å². The van der Waals surface area contributed by atoms with Gasteiger partial charge in [0, 0.05) is 11.6 Å². The molecule has 3 nitrogen and oxygen atoms in total. The highest BCUT2D eigenvalue weighted by molar-refractivity contribution is 7.87. The number of carbonyl (C=O) groups is 1. The summed E-state index contributed by atoms with van der Waals surface area (Å²) in [6.45, 7) is 7.54. The number of allylic oxidation sites excluding steroid dienone is 4. The lowest BCUT2D eigenvalue weighted by Crippen LogP contribution is -2.32. The number of Topliss-reactive ketones (excluding diaryl/α,β-unsaturated/α-hetero) is 1. The van der Waals surface area contributed by atoms with E-state index in [0.717, 1.165) is 38.7 Å². The summed E-state index contributed by atoms with van der Waals surface area (Å²) in [6, 6.07) is 0.167. The zero-order chi connectivity index (χ0) is 18.8. The van der Waals surface area contributed by atoms with E-state index < -0.39 is 22.7 Å². The summed E-state index contributed by atoms with van der Waals surface area (Å²) in [5.74, 6) is 0.167. The van der Waals surface area contributed by atoms with Crippen molar-refractivity contribution in [2.24, 2.45) is 0 Å². The van der Waals surface area contributed by atoms with E-state index in [1.54, 1.807) is 0 Å². The normalized spacial score (nSPS) is 18.4. The maximum Gasteiger partial charge on any atom is 0.412 e. The third-order valence-corrected chi connectivity index (χ3v) is 4.52. The quantitative estimate of drug-likeness (QED) is 0.715. The Balaban J connectivity index is 0.00000118. The van der Waals surface area contributed by atoms with Gasteiger partial charge in [-0.05, 0) is 39.7 Å². The van der Waals surface area contributed by atoms with E-state index in [-0.39, 0.29) is 16.7 Å². The number of halogens is 3. The minimum absolute atomic E-state index is 0.167. The Kier molecular flexibility index (Phi) is 10.8. The average molecular weight is 365 g/mol. The second kappa shape index (κ2) is 11.4. The van der Waals surface area contributed by atoms with Crippen LogP contribution in [-0.2, 0) is 15.8 Å². The van der Waals surface area contributed by atoms with Crippen LogP contribution in [0.2, 0.25) is 0 Å². The van der Waals surface area contributed by atoms with Crippen LogP contribution in [0.15, 0.2) is 35.3 Å². The zero-order valence-corrected chi connectivity index (χ0v) is 15.2. The Morgan fingerprint density at radius 3 is 2.04 bits per heavy atom. The zero-order valence-electron chi connectivity index (χ0n) is 14.4. The fraction of sp³-hybridized carbons (Fsp3) is 0.588. The molecular weight excluding hydrogens is 339 g/mol. The monoisotopic (exact) mass is 365 g/mol. The first-order valence-electron chi connectivity index (χ1n) is 7.81. The van der Waals surface area contributed by atoms with Crippen molar-refractivity contribution in [2.45, 2.75) is 65.1 Å². The molecule has 1 unspecified atom stereocenters. The van der Waals surface area contributed by atoms with Crippen LogP contribution in [0.3, 0.4) is 0 Å². The van der Waals surface area contributed by atoms with E-state index >= 15 is 0 Å². The van der Waals surface area contributed by atoms with Crippen LogP contribution in [0.4, 0.5) is 13.2 Å². The molecule has 0 bridgehead atoms. The highest BCUT2D eigenvalue weighted by atomic mass is 32.2. The second-order valence-electron chi connectivity index (χ2n) is 5.75. The molecule has 1 aliphatic carbocycles. The van der Waals surface area contributed by atoms with Crippen LogP contribution in [0.5, 0.6) is 0 Å². The molecule has 0 aromatic carbocycles. The molecule has 0 saturated heterocycles. The van der Waals surface area contributed by atoms with Gasteiger partial charge in [0.15, 0.2) is 0 Å². The van der Waals surface area contributed by atoms with E-state index in [9.17, 15) is 22.2 Å². The summed E-state index contributed by atoms with van der Waals surface area (Å²) in [5.41, 5.74) is -0.730. The minimum Gasteiger partial charge on any atom is -0.300 e. The molecule has 1 atom stereocenters. The van der Waals surface area contributed by atoms with Crippen molar-refractivity contribution in [1.29, 1.82) is 0 Å². The molecule has 0 heterocycles. The summed E-state index contributed by atoms with van der Waals surface area (Å²) in [4.78, 5) is 9.71. The Morgan fingerprint density at radius 2 is 1.62 bits per heavy atom. The van der Waals surface area contributed by atoms with Gasteiger partial charge < -0.3 is 4.79 Å². The van der Waals surface area contributed by atoms with E-state index in [4.69, 9.17) is 0 Å². The molecule has 7 heteroatoms. The molecule has 0 radical (unpaired) electrons. The third-order valence-electron chi connectivity index (χ3n) is 3.24. The number of carbonyl (C=O) groups excluding carboxylic acids is 1. The highest BCUT2D eigenvalue weighted by Gasteiger charge is 2.29. The molecule has 1 rings (SSSR count). The van der Waals surface area contributed by atoms with Crippen LogP contribution in [-0.4, -0.2) is 22.2 Å². The fourth-order valence-electron chi connectivity index (χ4n) is 1.95. The molecule has 0 aromatic rings. The number of rotatable bonds is 5. The number of alkyl halides is 3. The van der Waals surface area contributed by atoms with Crippen molar-refractivity contribution in [2.75, 3.05) is 0 Å². The molecule has 0 amide bonds. The second-order valence-corrected chi connectivity index (χ2v) is 6.99. The fourth-order valence-corrected chi connectivity index (χ4v) is 2.96. The number of hydrogen-bond donors (Lipinski definition) is 1. The average Bonchev–Trinajstić information content (AvgIpc) is 2.47. The van der Waals surface area contributed by atoms with Crippen molar-refractivity contribution in [1.82, 2.24) is 4.72 Å². The molecule has 0 aliphatic heterocycles. The van der Waals surface area contributed by atoms with Crippen LogP contribution in [0.1, 0.15) is 52.9 Å². The van der Waals surface area contributed by atoms with Gasteiger partial charge in [-0.15, -0.1) is 0 Å². The minimum atomic E-state index is -4.36. The first-order valence-corrected chi connectivity index (χ1v) is 8.96. The van der Waals surface area contributed by atoms with E-state index in [1.165, 1.54) is 32.4 Å². The van der Waals surface area contributed by atoms with E-state index in [1.807, 2.05) is 0 Å². The van der Waals surface area contributed by atoms with Gasteiger partial charge in [0.25, 0.3) is 0 Å². The van der Waals surface area contributed by atoms with Gasteiger partial charge in [0.2, 0.25) is 0 Å². The van der Waals surface area contributed by atoms with Crippen molar-refractivity contribution < 1.29 is 22.2 Å². The van der Waals surface area contributed by atoms with Gasteiger partial charge in [-0.25, -0.2) is 8.93 Å². The standard InChI is InChI=1S/C14H20F3NOS.C3H6O/c1-3-13(10-9-11(2)14(15,16)17)20(19)18-12-7-5-4-6-8-12;1-3(2)4/h3,9-10,12,18H,1,4-8H2,2H3;1-2H3/b11-9+,13-10+;. The summed E-state index contributed by atoms with van der Waals surface area (Å²) >= 11 is 0. The number of hydrogen-bond acceptors (Lipinski definition) is 2. The smallest absolute Gasteiger partial charge is 0.300 e. The summed E-state index contributed by atoms with van der Waals surface area (Å²) in [6.07, 6.45) is 4.38. The SMILES string of the molecule is C=C/C(=C\C=C(/C)C(F)(F)F)S(=O)NC1CCCCC1.CC(C)=O. The maximum absolute atomic E-state index is 12.4. The van der Waals surface area contributed by atoms with Gasteiger partial charge in [-0.3, -0.25) is 0 Å². The molecule has 24 heavy (non-hydrogen) atoms. The summed E-state index contributed by atoms with van der Waals surface area (Å²) in [5, 5.41) is 0. The third kappa shape index (κ3) is 10.5. The first kappa shape index (κ1) is 22.8. The van der Waals surface area contributed by atoms with Gasteiger partial charge in [0.05, 0.1) is 4.91 Å². The van der Waals surface area contributed by atoms with E-state index in [2.05, 4.69) is 11.3 Å². The highest BCUT2D eigenvalue weighted by Crippen LogP contribution is 2.25. The first-order chi connectivity index (χ1) is 11.1. The van der Waals surface area contributed by atoms with Crippen molar-refractivity contribution in [3.8, 4) is 0 Å². The van der Waals surface area contributed by atoms with Gasteiger partial charge >= 0.3 is 6.18 Å². The molecule has 1 N–H and O–H groups in total. The maximum atomic E-state index is 12.4. The Bertz CT molecular complexity index is 500. The van der Waals surface area contributed by atoms with Gasteiger partial charge in [0.1, 0.15) is 16.8 Å². The largest absolute Gasteiger partial charge is 0.412 e. The number of nitrogens with one attached hydrogen (secondary N) is 1. The number of ketones is 1. The molecule has 1 aliphatic rings. The Morgan fingerprint density at radius 1 is 1.12 bits per heavy atom. The molecule has 138 valence electrons. The Labute approximate surface area is 144 Å². The molecule has 1 fully saturated rings. The molecular formula is C17H26F3NO2S. The molecule has 0 spiro atoms. The lowest BCUT2D eigenvalue weighted by molar-refractivity contribution is -0.115. The van der Waals surface area contributed by atoms with Crippen molar-refractivity contribution >= 4 is 16.8 Å². The Hall–Kier alpha value is -1.21. The van der Waals surface area contributed by atoms with Gasteiger partial charge in [-0.2, -0.15) is 13.2 Å². The van der Waals surface area contributed by atoms with Crippen molar-refractivity contribution in [3.05, 3.63) is 35.3 Å². The summed E-state index contributed by atoms with van der Waals surface area (Å²) in [7, 11) is -1.52. The molecule has 0 aromatic heterocycles. The van der Waals surface area contributed by atoms with Gasteiger partial charge in [-0.1, -0.05) is 38.0 Å². The molecule has 1 saturated carbocycles. The van der Waals surface area contributed by atoms with Crippen molar-refractivity contribution in [3.63, 3.8) is 0 Å². The topological polar surface area (TPSA) is 46.2 Å². The van der Waals surface area contributed by atoms with Crippen LogP contribution in [0.25, 0.3) is 0 Å². The predicted molar refractivity (Wildman–Crippen MR) is 92.6 cm³/mol.